The second-order valence-corrected chi connectivity index (χ2v) is 7.18. The van der Waals surface area contributed by atoms with Crippen LogP contribution in [0.1, 0.15) is 21.3 Å². The molecule has 0 fully saturated rings. The summed E-state index contributed by atoms with van der Waals surface area (Å²) in [6.45, 7) is 0.0517. The van der Waals surface area contributed by atoms with E-state index in [-0.39, 0.29) is 17.9 Å². The van der Waals surface area contributed by atoms with Crippen LogP contribution in [0.3, 0.4) is 0 Å². The Balaban J connectivity index is 1.61. The molecule has 3 rings (SSSR count). The van der Waals surface area contributed by atoms with Gasteiger partial charge in [-0.2, -0.15) is 11.3 Å². The third kappa shape index (κ3) is 4.07. The average molecular weight is 377 g/mol. The number of methoxy groups -OCH3 is 1. The monoisotopic (exact) mass is 377 g/mol. The molecule has 1 unspecified atom stereocenters. The summed E-state index contributed by atoms with van der Waals surface area (Å²) in [6, 6.07) is 9.80. The summed E-state index contributed by atoms with van der Waals surface area (Å²) in [5, 5.41) is 16.9. The van der Waals surface area contributed by atoms with Crippen molar-refractivity contribution in [1.82, 2.24) is 5.32 Å². The van der Waals surface area contributed by atoms with E-state index in [1.807, 2.05) is 29.0 Å². The molecule has 0 aliphatic heterocycles. The fourth-order valence-electron chi connectivity index (χ4n) is 2.29. The van der Waals surface area contributed by atoms with Crippen LogP contribution in [-0.4, -0.2) is 24.7 Å². The van der Waals surface area contributed by atoms with Crippen LogP contribution < -0.4 is 10.1 Å². The Morgan fingerprint density at radius 2 is 2.16 bits per heavy atom. The van der Waals surface area contributed by atoms with E-state index in [1.54, 1.807) is 11.3 Å². The molecular formula is C18H16FNO3S2. The highest BCUT2D eigenvalue weighted by atomic mass is 32.1. The zero-order chi connectivity index (χ0) is 17.8. The van der Waals surface area contributed by atoms with E-state index in [0.717, 1.165) is 21.4 Å². The van der Waals surface area contributed by atoms with Crippen molar-refractivity contribution >= 4 is 28.6 Å². The SMILES string of the molecule is COc1ccc(C(=O)NCC(O)c2ccc(-c3ccsc3)s2)cc1F. The van der Waals surface area contributed by atoms with Crippen LogP contribution in [-0.2, 0) is 0 Å². The number of ether oxygens (including phenoxy) is 1. The number of aliphatic hydroxyl groups excluding tert-OH is 1. The molecule has 2 aromatic heterocycles. The fourth-order valence-corrected chi connectivity index (χ4v) is 4.01. The molecule has 0 aliphatic rings. The summed E-state index contributed by atoms with van der Waals surface area (Å²) >= 11 is 3.10. The highest BCUT2D eigenvalue weighted by Crippen LogP contribution is 2.32. The minimum absolute atomic E-state index is 0.0517. The highest BCUT2D eigenvalue weighted by Gasteiger charge is 2.15. The molecular weight excluding hydrogens is 361 g/mol. The van der Waals surface area contributed by atoms with Gasteiger partial charge in [0.2, 0.25) is 0 Å². The zero-order valence-corrected chi connectivity index (χ0v) is 15.0. The molecule has 0 bridgehead atoms. The summed E-state index contributed by atoms with van der Waals surface area (Å²) in [5.74, 6) is -0.972. The molecule has 0 aliphatic carbocycles. The van der Waals surface area contributed by atoms with Crippen molar-refractivity contribution in [2.24, 2.45) is 0 Å². The van der Waals surface area contributed by atoms with Crippen LogP contribution in [0, 0.1) is 5.82 Å². The number of aliphatic hydroxyl groups is 1. The molecule has 0 saturated carbocycles. The zero-order valence-electron chi connectivity index (χ0n) is 13.4. The average Bonchev–Trinajstić information content (AvgIpc) is 3.30. The fraction of sp³-hybridized carbons (Fsp3) is 0.167. The van der Waals surface area contributed by atoms with Crippen LogP contribution >= 0.6 is 22.7 Å². The smallest absolute Gasteiger partial charge is 0.251 e. The Hall–Kier alpha value is -2.22. The third-order valence-corrected chi connectivity index (χ3v) is 5.55. The predicted octanol–water partition coefficient (Wildman–Crippen LogP) is 4.09. The molecule has 1 atom stereocenters. The standard InChI is InChI=1S/C18H16FNO3S2/c1-23-15-3-2-11(8-13(15)19)18(22)20-9-14(21)17-5-4-16(25-17)12-6-7-24-10-12/h2-8,10,14,21H,9H2,1H3,(H,20,22). The number of rotatable bonds is 6. The van der Waals surface area contributed by atoms with Gasteiger partial charge in [0.1, 0.15) is 6.10 Å². The lowest BCUT2D eigenvalue weighted by Gasteiger charge is -2.11. The van der Waals surface area contributed by atoms with Crippen molar-refractivity contribution < 1.29 is 19.0 Å². The van der Waals surface area contributed by atoms with Crippen LogP contribution in [0.15, 0.2) is 47.2 Å². The minimum atomic E-state index is -0.815. The Kier molecular flexibility index (Phi) is 5.47. The Morgan fingerprint density at radius 3 is 2.84 bits per heavy atom. The van der Waals surface area contributed by atoms with Crippen LogP contribution in [0.2, 0.25) is 0 Å². The number of halogens is 1. The molecule has 1 amide bonds. The van der Waals surface area contributed by atoms with Gasteiger partial charge in [0.15, 0.2) is 11.6 Å². The van der Waals surface area contributed by atoms with Gasteiger partial charge in [0.25, 0.3) is 5.91 Å². The molecule has 2 N–H and O–H groups in total. The predicted molar refractivity (Wildman–Crippen MR) is 97.9 cm³/mol. The Bertz CT molecular complexity index is 861. The van der Waals surface area contributed by atoms with Gasteiger partial charge in [0, 0.05) is 27.4 Å². The van der Waals surface area contributed by atoms with E-state index in [2.05, 4.69) is 5.32 Å². The minimum Gasteiger partial charge on any atom is -0.494 e. The van der Waals surface area contributed by atoms with Gasteiger partial charge in [-0.1, -0.05) is 0 Å². The summed E-state index contributed by atoms with van der Waals surface area (Å²) in [6.07, 6.45) is -0.815. The first-order chi connectivity index (χ1) is 12.1. The van der Waals surface area contributed by atoms with Crippen LogP contribution in [0.4, 0.5) is 4.39 Å². The van der Waals surface area contributed by atoms with Gasteiger partial charge in [-0.25, -0.2) is 4.39 Å². The van der Waals surface area contributed by atoms with Crippen molar-refractivity contribution in [2.75, 3.05) is 13.7 Å². The van der Waals surface area contributed by atoms with Gasteiger partial charge in [-0.15, -0.1) is 11.3 Å². The second kappa shape index (κ2) is 7.77. The van der Waals surface area contributed by atoms with Crippen LogP contribution in [0.5, 0.6) is 5.75 Å². The number of carbonyl (C=O) groups excluding carboxylic acids is 1. The highest BCUT2D eigenvalue weighted by molar-refractivity contribution is 7.16. The molecule has 1 aromatic carbocycles. The first-order valence-electron chi connectivity index (χ1n) is 7.50. The van der Waals surface area contributed by atoms with E-state index in [1.165, 1.54) is 30.6 Å². The number of hydrogen-bond donors (Lipinski definition) is 2. The number of carbonyl (C=O) groups is 1. The molecule has 7 heteroatoms. The second-order valence-electron chi connectivity index (χ2n) is 5.29. The number of hydrogen-bond acceptors (Lipinski definition) is 5. The van der Waals surface area contributed by atoms with Gasteiger partial charge in [0.05, 0.1) is 7.11 Å². The van der Waals surface area contributed by atoms with Crippen molar-refractivity contribution in [2.45, 2.75) is 6.10 Å². The van der Waals surface area contributed by atoms with Crippen molar-refractivity contribution in [1.29, 1.82) is 0 Å². The van der Waals surface area contributed by atoms with Gasteiger partial charge >= 0.3 is 0 Å². The lowest BCUT2D eigenvalue weighted by molar-refractivity contribution is 0.0917. The molecule has 2 heterocycles. The first-order valence-corrected chi connectivity index (χ1v) is 9.26. The topological polar surface area (TPSA) is 58.6 Å². The number of nitrogens with one attached hydrogen (secondary N) is 1. The lowest BCUT2D eigenvalue weighted by atomic mass is 10.2. The van der Waals surface area contributed by atoms with Gasteiger partial charge in [-0.3, -0.25) is 4.79 Å². The molecule has 3 aromatic rings. The van der Waals surface area contributed by atoms with Crippen molar-refractivity contribution in [3.05, 3.63) is 63.4 Å². The lowest BCUT2D eigenvalue weighted by Crippen LogP contribution is -2.28. The Labute approximate surface area is 152 Å². The number of amides is 1. The maximum absolute atomic E-state index is 13.7. The summed E-state index contributed by atoms with van der Waals surface area (Å²) in [5.41, 5.74) is 1.29. The largest absolute Gasteiger partial charge is 0.494 e. The van der Waals surface area contributed by atoms with Crippen molar-refractivity contribution in [3.63, 3.8) is 0 Å². The van der Waals surface area contributed by atoms with Crippen LogP contribution in [0.25, 0.3) is 10.4 Å². The molecule has 25 heavy (non-hydrogen) atoms. The summed E-state index contributed by atoms with van der Waals surface area (Å²) < 4.78 is 18.5. The Morgan fingerprint density at radius 1 is 1.32 bits per heavy atom. The normalized spacial score (nSPS) is 12.0. The maximum Gasteiger partial charge on any atom is 0.251 e. The van der Waals surface area contributed by atoms with E-state index in [4.69, 9.17) is 4.74 Å². The maximum atomic E-state index is 13.7. The molecule has 0 saturated heterocycles. The number of benzene rings is 1. The molecule has 130 valence electrons. The van der Waals surface area contributed by atoms with Crippen molar-refractivity contribution in [3.8, 4) is 16.2 Å². The van der Waals surface area contributed by atoms with E-state index in [0.29, 0.717) is 0 Å². The third-order valence-electron chi connectivity index (χ3n) is 3.63. The molecule has 0 spiro atoms. The molecule has 0 radical (unpaired) electrons. The van der Waals surface area contributed by atoms with Gasteiger partial charge < -0.3 is 15.2 Å². The van der Waals surface area contributed by atoms with E-state index < -0.39 is 17.8 Å². The first kappa shape index (κ1) is 17.6. The molecule has 4 nitrogen and oxygen atoms in total. The van der Waals surface area contributed by atoms with Gasteiger partial charge in [-0.05, 0) is 47.2 Å². The van der Waals surface area contributed by atoms with E-state index >= 15 is 0 Å². The van der Waals surface area contributed by atoms with E-state index in [9.17, 15) is 14.3 Å². The summed E-state index contributed by atoms with van der Waals surface area (Å²) in [7, 11) is 1.36. The number of thiophene rings is 2. The summed E-state index contributed by atoms with van der Waals surface area (Å²) in [4.78, 5) is 13.9. The quantitative estimate of drug-likeness (QED) is 0.680.